The lowest BCUT2D eigenvalue weighted by Crippen LogP contribution is -1.97. The topological polar surface area (TPSA) is 51.8 Å². The van der Waals surface area contributed by atoms with Crippen molar-refractivity contribution in [3.05, 3.63) is 164 Å². The SMILES string of the molecule is c1ccc(-c2nc(-c3ccccc3-c3ccccn3)cc(-c3ccc(-c4ccc5c(c4)sc4ccccc45)c4oc5ccccc5c34)n2)cc1. The molecule has 10 rings (SSSR count). The molecule has 0 atom stereocenters. The van der Waals surface area contributed by atoms with Crippen LogP contribution in [0.1, 0.15) is 0 Å². The van der Waals surface area contributed by atoms with Crippen LogP contribution in [0.4, 0.5) is 0 Å². The number of para-hydroxylation sites is 1. The van der Waals surface area contributed by atoms with Crippen molar-refractivity contribution < 1.29 is 4.42 Å². The van der Waals surface area contributed by atoms with Gasteiger partial charge in [0.2, 0.25) is 0 Å². The summed E-state index contributed by atoms with van der Waals surface area (Å²) in [6.07, 6.45) is 1.83. The second kappa shape index (κ2) is 11.6. The lowest BCUT2D eigenvalue weighted by Gasteiger charge is -2.13. The number of rotatable bonds is 5. The average molecular weight is 658 g/mol. The summed E-state index contributed by atoms with van der Waals surface area (Å²) in [4.78, 5) is 15.1. The lowest BCUT2D eigenvalue weighted by molar-refractivity contribution is 0.670. The third-order valence-electron chi connectivity index (χ3n) is 9.39. The standard InChI is InChI=1S/C45H27N3OS/c1-2-12-28(13-3-1)45-47-38(32-15-5-4-14-31(32)37-18-10-11-25-46-37)27-39(48-45)35-24-23-30(44-43(35)36-17-6-8-19-40(36)49-44)29-21-22-34-33-16-7-9-20-41(33)50-42(34)26-29/h1-27H. The van der Waals surface area contributed by atoms with Crippen LogP contribution in [0.2, 0.25) is 0 Å². The summed E-state index contributed by atoms with van der Waals surface area (Å²) in [5.74, 6) is 0.661. The molecular weight excluding hydrogens is 631 g/mol. The summed E-state index contributed by atoms with van der Waals surface area (Å²) in [5, 5.41) is 4.66. The van der Waals surface area contributed by atoms with Crippen LogP contribution in [-0.4, -0.2) is 15.0 Å². The van der Waals surface area contributed by atoms with Gasteiger partial charge in [-0.25, -0.2) is 9.97 Å². The second-order valence-electron chi connectivity index (χ2n) is 12.4. The molecule has 234 valence electrons. The molecule has 0 saturated carbocycles. The number of hydrogen-bond donors (Lipinski definition) is 0. The van der Waals surface area contributed by atoms with Crippen molar-refractivity contribution in [2.24, 2.45) is 0 Å². The van der Waals surface area contributed by atoms with Crippen LogP contribution < -0.4 is 0 Å². The Labute approximate surface area is 292 Å². The number of benzene rings is 6. The molecule has 0 radical (unpaired) electrons. The van der Waals surface area contributed by atoms with Gasteiger partial charge in [-0.2, -0.15) is 0 Å². The summed E-state index contributed by atoms with van der Waals surface area (Å²) < 4.78 is 9.28. The summed E-state index contributed by atoms with van der Waals surface area (Å²) in [6.45, 7) is 0. The third kappa shape index (κ3) is 4.71. The summed E-state index contributed by atoms with van der Waals surface area (Å²) in [5.41, 5.74) is 10.4. The van der Waals surface area contributed by atoms with Crippen LogP contribution in [-0.2, 0) is 0 Å². The number of fused-ring (bicyclic) bond motifs is 6. The van der Waals surface area contributed by atoms with E-state index in [1.807, 2.05) is 72.1 Å². The molecule has 4 nitrogen and oxygen atoms in total. The molecule has 10 aromatic rings. The van der Waals surface area contributed by atoms with Crippen LogP contribution >= 0.6 is 11.3 Å². The molecule has 0 N–H and O–H groups in total. The second-order valence-corrected chi connectivity index (χ2v) is 13.4. The molecule has 0 saturated heterocycles. The van der Waals surface area contributed by atoms with Crippen LogP contribution in [0.5, 0.6) is 0 Å². The van der Waals surface area contributed by atoms with Crippen LogP contribution in [0, 0.1) is 0 Å². The largest absolute Gasteiger partial charge is 0.455 e. The summed E-state index contributed by atoms with van der Waals surface area (Å²) >= 11 is 1.83. The quantitative estimate of drug-likeness (QED) is 0.185. The van der Waals surface area contributed by atoms with Gasteiger partial charge in [0.05, 0.1) is 17.1 Å². The van der Waals surface area contributed by atoms with Gasteiger partial charge in [-0.15, -0.1) is 11.3 Å². The molecule has 0 aliphatic heterocycles. The Kier molecular flexibility index (Phi) is 6.64. The smallest absolute Gasteiger partial charge is 0.160 e. The van der Waals surface area contributed by atoms with Crippen LogP contribution in [0.3, 0.4) is 0 Å². The minimum Gasteiger partial charge on any atom is -0.455 e. The first kappa shape index (κ1) is 28.6. The predicted molar refractivity (Wildman–Crippen MR) is 207 cm³/mol. The molecule has 5 heteroatoms. The normalized spacial score (nSPS) is 11.6. The first-order valence-electron chi connectivity index (χ1n) is 16.6. The number of pyridine rings is 1. The highest BCUT2D eigenvalue weighted by atomic mass is 32.1. The van der Waals surface area contributed by atoms with E-state index in [2.05, 4.69) is 108 Å². The lowest BCUT2D eigenvalue weighted by atomic mass is 9.95. The van der Waals surface area contributed by atoms with Gasteiger partial charge >= 0.3 is 0 Å². The average Bonchev–Trinajstić information content (AvgIpc) is 3.77. The Morgan fingerprint density at radius 1 is 0.440 bits per heavy atom. The summed E-state index contributed by atoms with van der Waals surface area (Å²) in [6, 6.07) is 54.6. The predicted octanol–water partition coefficient (Wildman–Crippen LogP) is 12.5. The zero-order chi connectivity index (χ0) is 33.0. The fourth-order valence-electron chi connectivity index (χ4n) is 7.05. The number of nitrogens with zero attached hydrogens (tertiary/aromatic N) is 3. The van der Waals surface area contributed by atoms with Crippen LogP contribution in [0.25, 0.3) is 98.4 Å². The van der Waals surface area contributed by atoms with Gasteiger partial charge in [-0.05, 0) is 48.0 Å². The third-order valence-corrected chi connectivity index (χ3v) is 10.5. The molecule has 6 aromatic carbocycles. The monoisotopic (exact) mass is 657 g/mol. The number of furan rings is 1. The Morgan fingerprint density at radius 3 is 1.96 bits per heavy atom. The van der Waals surface area contributed by atoms with Crippen molar-refractivity contribution in [3.8, 4) is 56.3 Å². The van der Waals surface area contributed by atoms with Gasteiger partial charge in [-0.3, -0.25) is 4.98 Å². The van der Waals surface area contributed by atoms with Gasteiger partial charge in [0, 0.05) is 65.0 Å². The summed E-state index contributed by atoms with van der Waals surface area (Å²) in [7, 11) is 0. The highest BCUT2D eigenvalue weighted by Crippen LogP contribution is 2.44. The molecule has 0 bridgehead atoms. The van der Waals surface area contributed by atoms with Gasteiger partial charge in [0.15, 0.2) is 5.82 Å². The van der Waals surface area contributed by atoms with Gasteiger partial charge in [0.1, 0.15) is 11.2 Å². The van der Waals surface area contributed by atoms with E-state index < -0.39 is 0 Å². The zero-order valence-corrected chi connectivity index (χ0v) is 27.6. The molecule has 0 spiro atoms. The Hall–Kier alpha value is -6.43. The maximum Gasteiger partial charge on any atom is 0.160 e. The minimum atomic E-state index is 0.661. The Morgan fingerprint density at radius 2 is 1.12 bits per heavy atom. The van der Waals surface area contributed by atoms with Crippen molar-refractivity contribution in [2.75, 3.05) is 0 Å². The molecule has 4 heterocycles. The van der Waals surface area contributed by atoms with Crippen molar-refractivity contribution in [3.63, 3.8) is 0 Å². The van der Waals surface area contributed by atoms with E-state index in [9.17, 15) is 0 Å². The first-order chi connectivity index (χ1) is 24.8. The van der Waals surface area contributed by atoms with E-state index in [1.165, 1.54) is 20.2 Å². The first-order valence-corrected chi connectivity index (χ1v) is 17.4. The number of aromatic nitrogens is 3. The van der Waals surface area contributed by atoms with E-state index >= 15 is 0 Å². The maximum absolute atomic E-state index is 6.73. The molecule has 0 amide bonds. The molecule has 0 aliphatic carbocycles. The number of thiophene rings is 1. The minimum absolute atomic E-state index is 0.661. The zero-order valence-electron chi connectivity index (χ0n) is 26.7. The Balaban J connectivity index is 1.22. The molecule has 50 heavy (non-hydrogen) atoms. The van der Waals surface area contributed by atoms with Gasteiger partial charge < -0.3 is 4.42 Å². The molecule has 4 aromatic heterocycles. The van der Waals surface area contributed by atoms with Crippen molar-refractivity contribution in [2.45, 2.75) is 0 Å². The highest BCUT2D eigenvalue weighted by molar-refractivity contribution is 7.25. The van der Waals surface area contributed by atoms with E-state index in [-0.39, 0.29) is 0 Å². The molecule has 0 unspecified atom stereocenters. The highest BCUT2D eigenvalue weighted by Gasteiger charge is 2.21. The van der Waals surface area contributed by atoms with Crippen molar-refractivity contribution in [1.82, 2.24) is 15.0 Å². The Bertz CT molecular complexity index is 2870. The van der Waals surface area contributed by atoms with Gasteiger partial charge in [-0.1, -0.05) is 115 Å². The maximum atomic E-state index is 6.73. The van der Waals surface area contributed by atoms with E-state index in [4.69, 9.17) is 14.4 Å². The van der Waals surface area contributed by atoms with Crippen molar-refractivity contribution in [1.29, 1.82) is 0 Å². The fourth-order valence-corrected chi connectivity index (χ4v) is 8.20. The number of hydrogen-bond acceptors (Lipinski definition) is 5. The van der Waals surface area contributed by atoms with Crippen LogP contribution in [0.15, 0.2) is 168 Å². The van der Waals surface area contributed by atoms with Crippen molar-refractivity contribution >= 4 is 53.4 Å². The van der Waals surface area contributed by atoms with E-state index in [0.717, 1.165) is 72.4 Å². The van der Waals surface area contributed by atoms with E-state index in [1.54, 1.807) is 0 Å². The van der Waals surface area contributed by atoms with Gasteiger partial charge in [0.25, 0.3) is 0 Å². The molecule has 0 fully saturated rings. The molecular formula is C45H27N3OS. The molecule has 0 aliphatic rings. The fraction of sp³-hybridized carbons (Fsp3) is 0. The van der Waals surface area contributed by atoms with E-state index in [0.29, 0.717) is 5.82 Å².